The van der Waals surface area contributed by atoms with Crippen LogP contribution < -0.4 is 26.6 Å². The highest BCUT2D eigenvalue weighted by atomic mass is 16.5. The minimum Gasteiger partial charge on any atom is -0.494 e. The van der Waals surface area contributed by atoms with Gasteiger partial charge in [0.1, 0.15) is 22.2 Å². The van der Waals surface area contributed by atoms with Crippen molar-refractivity contribution in [1.82, 2.24) is 14.9 Å². The molecule has 3 aromatic rings. The van der Waals surface area contributed by atoms with Crippen LogP contribution in [0, 0.1) is 0 Å². The molecule has 146 valence electrons. The predicted molar refractivity (Wildman–Crippen MR) is 108 cm³/mol. The molecule has 0 radical (unpaired) electrons. The van der Waals surface area contributed by atoms with Crippen LogP contribution >= 0.6 is 0 Å². The number of benzene rings is 1. The number of ether oxygens (including phenoxy) is 1. The fourth-order valence-electron chi connectivity index (χ4n) is 2.61. The predicted octanol–water partition coefficient (Wildman–Crippen LogP) is 0.644. The van der Waals surface area contributed by atoms with Crippen molar-refractivity contribution in [2.24, 2.45) is 0 Å². The van der Waals surface area contributed by atoms with E-state index in [4.69, 9.17) is 9.15 Å². The summed E-state index contributed by atoms with van der Waals surface area (Å²) < 4.78 is 10.9. The summed E-state index contributed by atoms with van der Waals surface area (Å²) in [6.45, 7) is 1.61. The van der Waals surface area contributed by atoms with Crippen LogP contribution in [0.3, 0.4) is 0 Å². The number of nitrogens with one attached hydrogen (secondary N) is 2. The van der Waals surface area contributed by atoms with Gasteiger partial charge >= 0.3 is 0 Å². The Morgan fingerprint density at radius 1 is 1.00 bits per heavy atom. The molecule has 2 N–H and O–H groups in total. The van der Waals surface area contributed by atoms with Crippen LogP contribution in [0.2, 0.25) is 0 Å². The van der Waals surface area contributed by atoms with Gasteiger partial charge in [-0.15, -0.1) is 0 Å². The summed E-state index contributed by atoms with van der Waals surface area (Å²) in [6, 6.07) is 10.8. The summed E-state index contributed by atoms with van der Waals surface area (Å²) in [4.78, 5) is 31.8. The molecular weight excluding hydrogens is 358 g/mol. The second-order valence-electron chi connectivity index (χ2n) is 6.61. The first-order valence-electron chi connectivity index (χ1n) is 8.98. The highest BCUT2D eigenvalue weighted by molar-refractivity contribution is 5.49. The van der Waals surface area contributed by atoms with Gasteiger partial charge in [0.05, 0.1) is 12.9 Å². The number of hydrogen-bond donors (Lipinski definition) is 2. The molecular formula is C21H23N3O4. The maximum atomic E-state index is 12.3. The van der Waals surface area contributed by atoms with Crippen LogP contribution in [0.1, 0.15) is 17.7 Å². The van der Waals surface area contributed by atoms with Crippen LogP contribution in [0.15, 0.2) is 56.7 Å². The van der Waals surface area contributed by atoms with E-state index in [-0.39, 0.29) is 16.3 Å². The molecule has 7 nitrogen and oxygen atoms in total. The fourth-order valence-corrected chi connectivity index (χ4v) is 2.61. The van der Waals surface area contributed by atoms with Gasteiger partial charge in [0, 0.05) is 12.6 Å². The Labute approximate surface area is 161 Å². The molecule has 0 unspecified atom stereocenters. The first-order valence-corrected chi connectivity index (χ1v) is 8.98. The highest BCUT2D eigenvalue weighted by Crippen LogP contribution is 2.12. The lowest BCUT2D eigenvalue weighted by molar-refractivity contribution is 0.281. The van der Waals surface area contributed by atoms with Crippen LogP contribution in [0.25, 0.3) is 12.2 Å². The van der Waals surface area contributed by atoms with E-state index in [9.17, 15) is 9.59 Å². The maximum Gasteiger partial charge on any atom is 0.272 e. The van der Waals surface area contributed by atoms with Gasteiger partial charge in [-0.3, -0.25) is 9.59 Å². The summed E-state index contributed by atoms with van der Waals surface area (Å²) in [5.41, 5.74) is -0.00549. The van der Waals surface area contributed by atoms with Crippen molar-refractivity contribution >= 4 is 12.2 Å². The smallest absolute Gasteiger partial charge is 0.272 e. The van der Waals surface area contributed by atoms with Crippen LogP contribution in [-0.2, 0) is 0 Å². The molecule has 0 atom stereocenters. The zero-order valence-corrected chi connectivity index (χ0v) is 15.9. The Kier molecular flexibility index (Phi) is 6.29. The molecule has 0 aliphatic rings. The number of rotatable bonds is 7. The minimum atomic E-state index is -0.400. The third kappa shape index (κ3) is 5.34. The first-order chi connectivity index (χ1) is 13.5. The molecule has 0 bridgehead atoms. The quantitative estimate of drug-likeness (QED) is 0.586. The van der Waals surface area contributed by atoms with Gasteiger partial charge in [-0.1, -0.05) is 12.1 Å². The topological polar surface area (TPSA) is 91.3 Å². The van der Waals surface area contributed by atoms with E-state index in [0.717, 1.165) is 24.3 Å². The Morgan fingerprint density at radius 2 is 1.68 bits per heavy atom. The van der Waals surface area contributed by atoms with E-state index in [1.165, 1.54) is 12.3 Å². The van der Waals surface area contributed by atoms with Crippen molar-refractivity contribution < 1.29 is 9.15 Å². The average Bonchev–Trinajstić information content (AvgIpc) is 3.17. The van der Waals surface area contributed by atoms with Gasteiger partial charge in [0.2, 0.25) is 0 Å². The summed E-state index contributed by atoms with van der Waals surface area (Å²) in [5.74, 6) is 1.25. The number of aromatic nitrogens is 2. The van der Waals surface area contributed by atoms with Gasteiger partial charge in [-0.25, -0.2) is 0 Å². The third-order valence-electron chi connectivity index (χ3n) is 4.02. The Morgan fingerprint density at radius 3 is 2.29 bits per heavy atom. The van der Waals surface area contributed by atoms with E-state index >= 15 is 0 Å². The monoisotopic (exact) mass is 381 g/mol. The van der Waals surface area contributed by atoms with Gasteiger partial charge < -0.3 is 24.0 Å². The van der Waals surface area contributed by atoms with Gasteiger partial charge in [0.15, 0.2) is 0 Å². The lowest BCUT2D eigenvalue weighted by Crippen LogP contribution is -2.46. The number of nitrogens with zero attached hydrogens (tertiary/aromatic N) is 1. The van der Waals surface area contributed by atoms with Crippen LogP contribution in [-0.4, -0.2) is 42.1 Å². The summed E-state index contributed by atoms with van der Waals surface area (Å²) in [6.07, 6.45) is 5.54. The zero-order chi connectivity index (χ0) is 19.9. The normalized spacial score (nSPS) is 12.7. The maximum absolute atomic E-state index is 12.3. The van der Waals surface area contributed by atoms with Crippen molar-refractivity contribution in [3.63, 3.8) is 0 Å². The standard InChI is InChI=1S/C21H23N3O4/c1-24(2)10-4-12-27-16-8-6-15(7-9-16)13-18-20(25)23-19(21(26)22-18)14-17-5-3-11-28-17/h3,5-9,11,13-14H,4,10,12H2,1-2H3,(H,22,26)(H,23,25). The van der Waals surface area contributed by atoms with Crippen molar-refractivity contribution in [2.75, 3.05) is 27.2 Å². The number of furan rings is 1. The van der Waals surface area contributed by atoms with E-state index in [1.807, 2.05) is 38.4 Å². The Balaban J connectivity index is 1.77. The second kappa shape index (κ2) is 9.05. The van der Waals surface area contributed by atoms with Crippen molar-refractivity contribution in [2.45, 2.75) is 6.42 Å². The van der Waals surface area contributed by atoms with E-state index in [2.05, 4.69) is 14.9 Å². The molecule has 28 heavy (non-hydrogen) atoms. The van der Waals surface area contributed by atoms with Crippen LogP contribution in [0.5, 0.6) is 5.75 Å². The molecule has 2 heterocycles. The molecule has 0 saturated carbocycles. The number of H-pyrrole nitrogens is 2. The Hall–Kier alpha value is -3.32. The molecule has 1 aromatic carbocycles. The van der Waals surface area contributed by atoms with E-state index in [1.54, 1.807) is 18.2 Å². The number of aromatic amines is 2. The van der Waals surface area contributed by atoms with Crippen molar-refractivity contribution in [3.8, 4) is 5.75 Å². The summed E-state index contributed by atoms with van der Waals surface area (Å²) >= 11 is 0. The first kappa shape index (κ1) is 19.4. The van der Waals surface area contributed by atoms with Gasteiger partial charge in [0.25, 0.3) is 11.1 Å². The zero-order valence-electron chi connectivity index (χ0n) is 15.9. The largest absolute Gasteiger partial charge is 0.494 e. The molecule has 3 rings (SSSR count). The summed E-state index contributed by atoms with van der Waals surface area (Å²) in [5, 5.41) is 0.319. The molecule has 0 aliphatic heterocycles. The second-order valence-corrected chi connectivity index (χ2v) is 6.61. The van der Waals surface area contributed by atoms with Gasteiger partial charge in [-0.05, 0) is 56.4 Å². The van der Waals surface area contributed by atoms with Gasteiger partial charge in [-0.2, -0.15) is 0 Å². The average molecular weight is 381 g/mol. The molecule has 0 fully saturated rings. The molecule has 0 amide bonds. The highest BCUT2D eigenvalue weighted by Gasteiger charge is 1.99. The minimum absolute atomic E-state index is 0.138. The van der Waals surface area contributed by atoms with Crippen LogP contribution in [0.4, 0.5) is 0 Å². The Bertz CT molecular complexity index is 1120. The summed E-state index contributed by atoms with van der Waals surface area (Å²) in [7, 11) is 4.05. The van der Waals surface area contributed by atoms with Crippen molar-refractivity contribution in [3.05, 3.63) is 85.4 Å². The lowest BCUT2D eigenvalue weighted by atomic mass is 10.2. The lowest BCUT2D eigenvalue weighted by Gasteiger charge is -2.10. The molecule has 7 heteroatoms. The SMILES string of the molecule is CN(C)CCCOc1ccc(C=c2[nH]c(=O)c(=Cc3ccco3)[nH]c2=O)cc1. The molecule has 0 aliphatic carbocycles. The van der Waals surface area contributed by atoms with Crippen molar-refractivity contribution in [1.29, 1.82) is 0 Å². The van der Waals surface area contributed by atoms with E-state index < -0.39 is 5.56 Å². The third-order valence-corrected chi connectivity index (χ3v) is 4.02. The molecule has 0 saturated heterocycles. The molecule has 0 spiro atoms. The number of hydrogen-bond acceptors (Lipinski definition) is 5. The fraction of sp³-hybridized carbons (Fsp3) is 0.238. The van der Waals surface area contributed by atoms with E-state index in [0.29, 0.717) is 12.4 Å². The molecule has 2 aromatic heterocycles.